The number of hydrogen-bond donors (Lipinski definition) is 2. The first-order valence-electron chi connectivity index (χ1n) is 7.48. The molecule has 0 saturated carbocycles. The summed E-state index contributed by atoms with van der Waals surface area (Å²) in [4.78, 5) is 18.0. The Hall–Kier alpha value is -1.56. The highest BCUT2D eigenvalue weighted by atomic mass is 16.3. The van der Waals surface area contributed by atoms with E-state index < -0.39 is 5.60 Å². The van der Waals surface area contributed by atoms with E-state index in [1.54, 1.807) is 24.9 Å². The molecule has 1 heterocycles. The monoisotopic (exact) mass is 296 g/mol. The molecule has 0 spiro atoms. The highest BCUT2D eigenvalue weighted by Crippen LogP contribution is 2.06. The standard InChI is InChI=1S/C15H28N4O2/c1-6-18(11-15(4,5)21)14(20)17-9-13-16-7-8-19(13)10-12(2)3/h7-8,12,21H,6,9-11H2,1-5H3,(H,17,20). The predicted molar refractivity (Wildman–Crippen MR) is 82.8 cm³/mol. The zero-order chi connectivity index (χ0) is 16.0. The third kappa shape index (κ3) is 6.16. The highest BCUT2D eigenvalue weighted by molar-refractivity contribution is 5.74. The van der Waals surface area contributed by atoms with Gasteiger partial charge < -0.3 is 19.9 Å². The fourth-order valence-electron chi connectivity index (χ4n) is 2.13. The van der Waals surface area contributed by atoms with Crippen LogP contribution < -0.4 is 5.32 Å². The van der Waals surface area contributed by atoms with Crippen LogP contribution in [0.2, 0.25) is 0 Å². The first-order valence-corrected chi connectivity index (χ1v) is 7.48. The summed E-state index contributed by atoms with van der Waals surface area (Å²) < 4.78 is 2.05. The quantitative estimate of drug-likeness (QED) is 0.806. The van der Waals surface area contributed by atoms with E-state index in [-0.39, 0.29) is 6.03 Å². The zero-order valence-corrected chi connectivity index (χ0v) is 13.8. The van der Waals surface area contributed by atoms with Gasteiger partial charge in [0, 0.05) is 25.5 Å². The van der Waals surface area contributed by atoms with Gasteiger partial charge in [0.15, 0.2) is 0 Å². The number of aromatic nitrogens is 2. The second-order valence-corrected chi connectivity index (χ2v) is 6.37. The molecule has 0 unspecified atom stereocenters. The van der Waals surface area contributed by atoms with Crippen LogP contribution in [-0.2, 0) is 13.1 Å². The number of imidazole rings is 1. The molecule has 0 bridgehead atoms. The van der Waals surface area contributed by atoms with E-state index in [4.69, 9.17) is 0 Å². The van der Waals surface area contributed by atoms with Gasteiger partial charge in [-0.05, 0) is 26.7 Å². The third-order valence-corrected chi connectivity index (χ3v) is 3.01. The van der Waals surface area contributed by atoms with Crippen molar-refractivity contribution in [3.8, 4) is 0 Å². The summed E-state index contributed by atoms with van der Waals surface area (Å²) in [6.07, 6.45) is 3.67. The molecular weight excluding hydrogens is 268 g/mol. The molecule has 2 amide bonds. The van der Waals surface area contributed by atoms with E-state index in [0.717, 1.165) is 12.4 Å². The fraction of sp³-hybridized carbons (Fsp3) is 0.733. The van der Waals surface area contributed by atoms with Gasteiger partial charge in [0.05, 0.1) is 18.7 Å². The van der Waals surface area contributed by atoms with E-state index >= 15 is 0 Å². The minimum atomic E-state index is -0.899. The van der Waals surface area contributed by atoms with Crippen LogP contribution in [0.25, 0.3) is 0 Å². The van der Waals surface area contributed by atoms with Crippen molar-refractivity contribution in [2.45, 2.75) is 53.3 Å². The van der Waals surface area contributed by atoms with Crippen LogP contribution >= 0.6 is 0 Å². The van der Waals surface area contributed by atoms with Crippen LogP contribution in [0.5, 0.6) is 0 Å². The Morgan fingerprint density at radius 1 is 1.52 bits per heavy atom. The normalized spacial score (nSPS) is 11.8. The molecule has 6 nitrogen and oxygen atoms in total. The van der Waals surface area contributed by atoms with E-state index in [1.807, 2.05) is 13.1 Å². The fourth-order valence-corrected chi connectivity index (χ4v) is 2.13. The Kier molecular flexibility index (Phi) is 6.20. The lowest BCUT2D eigenvalue weighted by atomic mass is 10.1. The molecule has 0 atom stereocenters. The zero-order valence-electron chi connectivity index (χ0n) is 13.8. The van der Waals surface area contributed by atoms with Crippen molar-refractivity contribution in [2.24, 2.45) is 5.92 Å². The highest BCUT2D eigenvalue weighted by Gasteiger charge is 2.21. The minimum absolute atomic E-state index is 0.182. The molecule has 0 aliphatic carbocycles. The Morgan fingerprint density at radius 3 is 2.71 bits per heavy atom. The number of aliphatic hydroxyl groups is 1. The number of likely N-dealkylation sites (N-methyl/N-ethyl adjacent to an activating group) is 1. The van der Waals surface area contributed by atoms with Crippen molar-refractivity contribution in [3.63, 3.8) is 0 Å². The lowest BCUT2D eigenvalue weighted by molar-refractivity contribution is 0.0479. The van der Waals surface area contributed by atoms with Crippen molar-refractivity contribution in [1.29, 1.82) is 0 Å². The van der Waals surface area contributed by atoms with Crippen molar-refractivity contribution in [2.75, 3.05) is 13.1 Å². The molecule has 0 aromatic carbocycles. The van der Waals surface area contributed by atoms with Gasteiger partial charge in [-0.2, -0.15) is 0 Å². The number of nitrogens with zero attached hydrogens (tertiary/aromatic N) is 3. The van der Waals surface area contributed by atoms with Crippen LogP contribution in [0.3, 0.4) is 0 Å². The molecule has 2 N–H and O–H groups in total. The first kappa shape index (κ1) is 17.5. The van der Waals surface area contributed by atoms with Gasteiger partial charge in [0.25, 0.3) is 0 Å². The van der Waals surface area contributed by atoms with Crippen LogP contribution in [0.15, 0.2) is 12.4 Å². The van der Waals surface area contributed by atoms with Crippen LogP contribution in [0, 0.1) is 5.92 Å². The van der Waals surface area contributed by atoms with Gasteiger partial charge in [-0.3, -0.25) is 0 Å². The van der Waals surface area contributed by atoms with Crippen molar-refractivity contribution in [1.82, 2.24) is 19.8 Å². The second kappa shape index (κ2) is 7.45. The molecule has 0 saturated heterocycles. The predicted octanol–water partition coefficient (Wildman–Crippen LogP) is 1.84. The molecule has 0 aliphatic rings. The Labute approximate surface area is 127 Å². The summed E-state index contributed by atoms with van der Waals surface area (Å²) in [5.74, 6) is 1.37. The topological polar surface area (TPSA) is 70.4 Å². The largest absolute Gasteiger partial charge is 0.389 e. The van der Waals surface area contributed by atoms with Crippen molar-refractivity contribution in [3.05, 3.63) is 18.2 Å². The van der Waals surface area contributed by atoms with Gasteiger partial charge in [-0.1, -0.05) is 13.8 Å². The Morgan fingerprint density at radius 2 is 2.19 bits per heavy atom. The first-order chi connectivity index (χ1) is 9.73. The van der Waals surface area contributed by atoms with Crippen molar-refractivity contribution >= 4 is 6.03 Å². The molecule has 1 aromatic rings. The van der Waals surface area contributed by atoms with Crippen LogP contribution in [-0.4, -0.2) is 44.3 Å². The summed E-state index contributed by atoms with van der Waals surface area (Å²) in [6, 6.07) is -0.182. The number of amides is 2. The molecule has 21 heavy (non-hydrogen) atoms. The molecule has 0 aliphatic heterocycles. The van der Waals surface area contributed by atoms with Crippen LogP contribution in [0.4, 0.5) is 4.79 Å². The van der Waals surface area contributed by atoms with Gasteiger partial charge in [-0.25, -0.2) is 9.78 Å². The molecular formula is C15H28N4O2. The minimum Gasteiger partial charge on any atom is -0.389 e. The van der Waals surface area contributed by atoms with E-state index in [2.05, 4.69) is 28.7 Å². The maximum atomic E-state index is 12.1. The van der Waals surface area contributed by atoms with E-state index in [0.29, 0.717) is 25.6 Å². The SMILES string of the molecule is CCN(CC(C)(C)O)C(=O)NCc1nccn1CC(C)C. The summed E-state index contributed by atoms with van der Waals surface area (Å²) >= 11 is 0. The summed E-state index contributed by atoms with van der Waals surface area (Å²) in [5.41, 5.74) is -0.899. The third-order valence-electron chi connectivity index (χ3n) is 3.01. The van der Waals surface area contributed by atoms with Gasteiger partial charge in [0.2, 0.25) is 0 Å². The van der Waals surface area contributed by atoms with Crippen molar-refractivity contribution < 1.29 is 9.90 Å². The second-order valence-electron chi connectivity index (χ2n) is 6.37. The molecule has 1 rings (SSSR count). The maximum absolute atomic E-state index is 12.1. The Bertz CT molecular complexity index is 449. The maximum Gasteiger partial charge on any atom is 0.317 e. The molecule has 0 fully saturated rings. The number of carbonyl (C=O) groups is 1. The molecule has 6 heteroatoms. The Balaban J connectivity index is 2.57. The summed E-state index contributed by atoms with van der Waals surface area (Å²) in [5, 5.41) is 12.7. The van der Waals surface area contributed by atoms with E-state index in [1.165, 1.54) is 0 Å². The molecule has 120 valence electrons. The summed E-state index contributed by atoms with van der Waals surface area (Å²) in [6.45, 7) is 11.7. The number of urea groups is 1. The lowest BCUT2D eigenvalue weighted by Gasteiger charge is -2.28. The number of nitrogens with one attached hydrogen (secondary N) is 1. The number of hydrogen-bond acceptors (Lipinski definition) is 3. The van der Waals surface area contributed by atoms with E-state index in [9.17, 15) is 9.90 Å². The van der Waals surface area contributed by atoms with Gasteiger partial charge in [0.1, 0.15) is 5.82 Å². The molecule has 0 radical (unpaired) electrons. The van der Waals surface area contributed by atoms with Gasteiger partial charge >= 0.3 is 6.03 Å². The number of rotatable bonds is 7. The van der Waals surface area contributed by atoms with Gasteiger partial charge in [-0.15, -0.1) is 0 Å². The lowest BCUT2D eigenvalue weighted by Crippen LogP contribution is -2.46. The van der Waals surface area contributed by atoms with Crippen LogP contribution in [0.1, 0.15) is 40.4 Å². The average Bonchev–Trinajstić information content (AvgIpc) is 2.78. The number of carbonyl (C=O) groups excluding carboxylic acids is 1. The summed E-state index contributed by atoms with van der Waals surface area (Å²) in [7, 11) is 0. The average molecular weight is 296 g/mol. The molecule has 1 aromatic heterocycles. The smallest absolute Gasteiger partial charge is 0.317 e.